The van der Waals surface area contributed by atoms with Gasteiger partial charge in [-0.3, -0.25) is 9.59 Å². The van der Waals surface area contributed by atoms with Gasteiger partial charge in [-0.05, 0) is 45.0 Å². The van der Waals surface area contributed by atoms with Gasteiger partial charge in [-0.1, -0.05) is 24.3 Å². The Bertz CT molecular complexity index is 1120. The maximum atomic E-state index is 13.2. The van der Waals surface area contributed by atoms with Crippen LogP contribution in [0.2, 0.25) is 0 Å². The van der Waals surface area contributed by atoms with E-state index in [0.717, 1.165) is 0 Å². The van der Waals surface area contributed by atoms with E-state index in [9.17, 15) is 14.4 Å². The highest BCUT2D eigenvalue weighted by molar-refractivity contribution is 6.03. The van der Waals surface area contributed by atoms with Crippen molar-refractivity contribution in [2.75, 3.05) is 11.9 Å². The van der Waals surface area contributed by atoms with Gasteiger partial charge in [-0.25, -0.2) is 9.78 Å². The highest BCUT2D eigenvalue weighted by Crippen LogP contribution is 2.18. The number of aromatic amines is 1. The van der Waals surface area contributed by atoms with E-state index < -0.39 is 0 Å². The number of hydrogen-bond acceptors (Lipinski definition) is 4. The summed E-state index contributed by atoms with van der Waals surface area (Å²) in [7, 11) is 0. The zero-order valence-corrected chi connectivity index (χ0v) is 17.2. The Morgan fingerprint density at radius 1 is 1.10 bits per heavy atom. The fraction of sp³-hybridized carbons (Fsp3) is 0.273. The normalized spacial score (nSPS) is 10.8. The van der Waals surface area contributed by atoms with Gasteiger partial charge in [0.15, 0.2) is 0 Å². The predicted octanol–water partition coefficient (Wildman–Crippen LogP) is 3.12. The second-order valence-corrected chi connectivity index (χ2v) is 7.15. The summed E-state index contributed by atoms with van der Waals surface area (Å²) < 4.78 is 0. The molecule has 30 heavy (non-hydrogen) atoms. The van der Waals surface area contributed by atoms with Crippen molar-refractivity contribution in [1.29, 1.82) is 0 Å². The molecule has 3 amide bonds. The number of nitrogens with one attached hydrogen (secondary N) is 3. The molecule has 0 aliphatic rings. The number of nitrogens with zero attached hydrogens (tertiary/aromatic N) is 2. The number of H-pyrrole nitrogens is 1. The summed E-state index contributed by atoms with van der Waals surface area (Å²) in [4.78, 5) is 46.4. The number of urea groups is 1. The summed E-state index contributed by atoms with van der Waals surface area (Å²) in [6, 6.07) is 13.5. The van der Waals surface area contributed by atoms with Crippen molar-refractivity contribution >= 4 is 28.5 Å². The third-order valence-corrected chi connectivity index (χ3v) is 4.50. The van der Waals surface area contributed by atoms with Crippen molar-refractivity contribution in [2.45, 2.75) is 33.4 Å². The topological polar surface area (TPSA) is 107 Å². The standard InChI is InChI=1S/C22H25N5O3/c1-4-27(13-19-24-17-11-7-5-9-15(17)20(28)26-19)21(29)16-10-6-8-12-18(16)25-22(30)23-14(2)3/h5-12,14H,4,13H2,1-3H3,(H2,23,25,30)(H,24,26,28). The van der Waals surface area contributed by atoms with Crippen molar-refractivity contribution in [2.24, 2.45) is 0 Å². The lowest BCUT2D eigenvalue weighted by molar-refractivity contribution is 0.0749. The number of amides is 3. The van der Waals surface area contributed by atoms with Crippen molar-refractivity contribution < 1.29 is 9.59 Å². The first-order chi connectivity index (χ1) is 14.4. The molecule has 0 bridgehead atoms. The van der Waals surface area contributed by atoms with E-state index in [4.69, 9.17) is 0 Å². The average molecular weight is 407 g/mol. The molecule has 0 aliphatic carbocycles. The van der Waals surface area contributed by atoms with Crippen LogP contribution in [0.15, 0.2) is 53.3 Å². The van der Waals surface area contributed by atoms with Gasteiger partial charge in [-0.2, -0.15) is 0 Å². The first-order valence-electron chi connectivity index (χ1n) is 9.82. The minimum Gasteiger partial charge on any atom is -0.336 e. The lowest BCUT2D eigenvalue weighted by Crippen LogP contribution is -2.36. The maximum absolute atomic E-state index is 13.2. The summed E-state index contributed by atoms with van der Waals surface area (Å²) in [5.74, 6) is 0.130. The van der Waals surface area contributed by atoms with E-state index in [1.165, 1.54) is 0 Å². The van der Waals surface area contributed by atoms with E-state index >= 15 is 0 Å². The Balaban J connectivity index is 1.85. The summed E-state index contributed by atoms with van der Waals surface area (Å²) in [5.41, 5.74) is 1.11. The van der Waals surface area contributed by atoms with Gasteiger partial charge in [0, 0.05) is 12.6 Å². The quantitative estimate of drug-likeness (QED) is 0.583. The molecule has 156 valence electrons. The molecule has 3 N–H and O–H groups in total. The van der Waals surface area contributed by atoms with Crippen LogP contribution in [0, 0.1) is 0 Å². The van der Waals surface area contributed by atoms with E-state index in [1.54, 1.807) is 47.4 Å². The van der Waals surface area contributed by atoms with E-state index in [-0.39, 0.29) is 30.1 Å². The Morgan fingerprint density at radius 2 is 1.80 bits per heavy atom. The number of benzene rings is 2. The Morgan fingerprint density at radius 3 is 2.53 bits per heavy atom. The number of hydrogen-bond donors (Lipinski definition) is 3. The van der Waals surface area contributed by atoms with E-state index in [0.29, 0.717) is 34.5 Å². The van der Waals surface area contributed by atoms with E-state index in [2.05, 4.69) is 20.6 Å². The summed E-state index contributed by atoms with van der Waals surface area (Å²) in [5, 5.41) is 5.97. The number of carbonyl (C=O) groups is 2. The second kappa shape index (κ2) is 9.21. The minimum atomic E-state index is -0.381. The summed E-state index contributed by atoms with van der Waals surface area (Å²) in [6.45, 7) is 6.10. The molecule has 0 fully saturated rings. The molecule has 0 radical (unpaired) electrons. The monoisotopic (exact) mass is 407 g/mol. The smallest absolute Gasteiger partial charge is 0.319 e. The number of fused-ring (bicyclic) bond motifs is 1. The number of anilines is 1. The molecule has 3 aromatic rings. The molecular formula is C22H25N5O3. The molecule has 0 spiro atoms. The van der Waals surface area contributed by atoms with Crippen LogP contribution in [-0.4, -0.2) is 39.4 Å². The Hall–Kier alpha value is -3.68. The van der Waals surface area contributed by atoms with Crippen molar-refractivity contribution in [3.8, 4) is 0 Å². The van der Waals surface area contributed by atoms with Crippen LogP contribution in [0.25, 0.3) is 10.9 Å². The van der Waals surface area contributed by atoms with Crippen molar-refractivity contribution in [1.82, 2.24) is 20.2 Å². The fourth-order valence-corrected chi connectivity index (χ4v) is 3.09. The van der Waals surface area contributed by atoms with Crippen LogP contribution in [0.3, 0.4) is 0 Å². The lowest BCUT2D eigenvalue weighted by atomic mass is 10.1. The molecule has 0 atom stereocenters. The SMILES string of the molecule is CCN(Cc1nc2ccccc2c(=O)[nH]1)C(=O)c1ccccc1NC(=O)NC(C)C. The van der Waals surface area contributed by atoms with Gasteiger partial charge in [0.25, 0.3) is 11.5 Å². The number of aromatic nitrogens is 2. The molecular weight excluding hydrogens is 382 g/mol. The molecule has 1 aromatic heterocycles. The predicted molar refractivity (Wildman–Crippen MR) is 117 cm³/mol. The lowest BCUT2D eigenvalue weighted by Gasteiger charge is -2.22. The third kappa shape index (κ3) is 4.83. The van der Waals surface area contributed by atoms with Gasteiger partial charge in [0.05, 0.1) is 28.7 Å². The van der Waals surface area contributed by atoms with Crippen LogP contribution >= 0.6 is 0 Å². The van der Waals surface area contributed by atoms with Gasteiger partial charge in [-0.15, -0.1) is 0 Å². The molecule has 3 rings (SSSR count). The molecule has 8 heteroatoms. The summed E-state index contributed by atoms with van der Waals surface area (Å²) >= 11 is 0. The van der Waals surface area contributed by atoms with Crippen LogP contribution in [-0.2, 0) is 6.54 Å². The van der Waals surface area contributed by atoms with Crippen molar-refractivity contribution in [3.63, 3.8) is 0 Å². The van der Waals surface area contributed by atoms with Crippen molar-refractivity contribution in [3.05, 3.63) is 70.3 Å². The molecule has 0 saturated heterocycles. The van der Waals surface area contributed by atoms with Gasteiger partial charge in [0.2, 0.25) is 0 Å². The van der Waals surface area contributed by atoms with Crippen LogP contribution in [0.4, 0.5) is 10.5 Å². The van der Waals surface area contributed by atoms with Gasteiger partial charge < -0.3 is 20.5 Å². The minimum absolute atomic E-state index is 0.0317. The largest absolute Gasteiger partial charge is 0.336 e. The highest BCUT2D eigenvalue weighted by atomic mass is 16.2. The molecule has 8 nitrogen and oxygen atoms in total. The summed E-state index contributed by atoms with van der Waals surface area (Å²) in [6.07, 6.45) is 0. The zero-order chi connectivity index (χ0) is 21.7. The Labute approximate surface area is 174 Å². The van der Waals surface area contributed by atoms with Crippen LogP contribution in [0.5, 0.6) is 0 Å². The van der Waals surface area contributed by atoms with Crippen LogP contribution < -0.4 is 16.2 Å². The number of para-hydroxylation sites is 2. The second-order valence-electron chi connectivity index (χ2n) is 7.15. The first-order valence-corrected chi connectivity index (χ1v) is 9.82. The molecule has 0 saturated carbocycles. The first kappa shape index (κ1) is 21.0. The highest BCUT2D eigenvalue weighted by Gasteiger charge is 2.20. The fourth-order valence-electron chi connectivity index (χ4n) is 3.09. The molecule has 0 aliphatic heterocycles. The van der Waals surface area contributed by atoms with Gasteiger partial charge in [0.1, 0.15) is 5.82 Å². The molecule has 0 unspecified atom stereocenters. The number of rotatable bonds is 6. The van der Waals surface area contributed by atoms with Crippen LogP contribution in [0.1, 0.15) is 37.0 Å². The third-order valence-electron chi connectivity index (χ3n) is 4.50. The zero-order valence-electron chi connectivity index (χ0n) is 17.2. The van der Waals surface area contributed by atoms with Gasteiger partial charge >= 0.3 is 6.03 Å². The average Bonchev–Trinajstić information content (AvgIpc) is 2.71. The number of carbonyl (C=O) groups excluding carboxylic acids is 2. The molecule has 2 aromatic carbocycles. The van der Waals surface area contributed by atoms with E-state index in [1.807, 2.05) is 26.8 Å². The molecule has 1 heterocycles. The Kier molecular flexibility index (Phi) is 6.46. The maximum Gasteiger partial charge on any atom is 0.319 e.